The highest BCUT2D eigenvalue weighted by Gasteiger charge is 2.09. The highest BCUT2D eigenvalue weighted by atomic mass is 35.5. The molecule has 1 rings (SSSR count). The Kier molecular flexibility index (Phi) is 3.05. The lowest BCUT2D eigenvalue weighted by Crippen LogP contribution is -1.79. The highest BCUT2D eigenvalue weighted by molar-refractivity contribution is 6.43. The van der Waals surface area contributed by atoms with Crippen LogP contribution >= 0.6 is 23.2 Å². The van der Waals surface area contributed by atoms with Crippen molar-refractivity contribution in [2.45, 2.75) is 0 Å². The smallest absolute Gasteiger partial charge is 0.211 e. The predicted molar refractivity (Wildman–Crippen MR) is 49.0 cm³/mol. The molecule has 0 aliphatic heterocycles. The normalized spacial score (nSPS) is 8.69. The van der Waals surface area contributed by atoms with Crippen LogP contribution in [0.15, 0.2) is 17.1 Å². The van der Waals surface area contributed by atoms with E-state index in [0.717, 1.165) is 0 Å². The van der Waals surface area contributed by atoms with Crippen LogP contribution in [-0.2, 0) is 4.79 Å². The third-order valence-corrected chi connectivity index (χ3v) is 2.16. The first-order chi connectivity index (χ1) is 6.20. The molecule has 0 aromatic heterocycles. The van der Waals surface area contributed by atoms with E-state index in [1.165, 1.54) is 18.2 Å². The van der Waals surface area contributed by atoms with E-state index in [1.807, 2.05) is 0 Å². The van der Waals surface area contributed by atoms with E-state index in [4.69, 9.17) is 28.5 Å². The van der Waals surface area contributed by atoms with Gasteiger partial charge in [0.05, 0.1) is 21.3 Å². The topological polar surface area (TPSA) is 53.2 Å². The summed E-state index contributed by atoms with van der Waals surface area (Å²) >= 11 is 11.3. The largest absolute Gasteiger partial charge is 0.240 e. The SMILES string of the molecule is N#Cc1c(N=C=O)ccc(Cl)c1Cl. The van der Waals surface area contributed by atoms with Crippen LogP contribution in [0, 0.1) is 11.3 Å². The van der Waals surface area contributed by atoms with Gasteiger partial charge in [0.1, 0.15) is 6.07 Å². The number of nitrogens with zero attached hydrogens (tertiary/aromatic N) is 2. The minimum atomic E-state index is 0.0810. The van der Waals surface area contributed by atoms with Gasteiger partial charge < -0.3 is 0 Å². The summed E-state index contributed by atoms with van der Waals surface area (Å²) in [5, 5.41) is 9.02. The molecule has 0 saturated carbocycles. The van der Waals surface area contributed by atoms with Crippen LogP contribution in [0.2, 0.25) is 10.0 Å². The van der Waals surface area contributed by atoms with Gasteiger partial charge in [-0.15, -0.1) is 0 Å². The molecule has 0 saturated heterocycles. The fourth-order valence-electron chi connectivity index (χ4n) is 0.789. The van der Waals surface area contributed by atoms with Crippen molar-refractivity contribution in [2.75, 3.05) is 0 Å². The zero-order valence-corrected chi connectivity index (χ0v) is 7.73. The molecular formula is C8H2Cl2N2O. The maximum atomic E-state index is 9.96. The number of aliphatic imine (C=N–C) groups is 1. The van der Waals surface area contributed by atoms with E-state index in [1.54, 1.807) is 6.07 Å². The van der Waals surface area contributed by atoms with Crippen molar-refractivity contribution in [1.82, 2.24) is 0 Å². The molecule has 0 fully saturated rings. The second-order valence-corrected chi connectivity index (χ2v) is 2.86. The van der Waals surface area contributed by atoms with Crippen molar-refractivity contribution in [3.05, 3.63) is 27.7 Å². The van der Waals surface area contributed by atoms with Crippen LogP contribution in [0.25, 0.3) is 0 Å². The second kappa shape index (κ2) is 4.06. The minimum absolute atomic E-state index is 0.0810. The van der Waals surface area contributed by atoms with E-state index in [0.29, 0.717) is 0 Å². The monoisotopic (exact) mass is 212 g/mol. The predicted octanol–water partition coefficient (Wildman–Crippen LogP) is 2.83. The number of carbonyl (C=O) groups excluding carboxylic acids is 1. The summed E-state index contributed by atoms with van der Waals surface area (Å²) in [7, 11) is 0. The first-order valence-corrected chi connectivity index (χ1v) is 3.92. The Morgan fingerprint density at radius 1 is 1.38 bits per heavy atom. The van der Waals surface area contributed by atoms with Gasteiger partial charge in [-0.2, -0.15) is 10.3 Å². The molecule has 0 bridgehead atoms. The van der Waals surface area contributed by atoms with Gasteiger partial charge in [0.25, 0.3) is 0 Å². The lowest BCUT2D eigenvalue weighted by Gasteiger charge is -1.99. The van der Waals surface area contributed by atoms with Gasteiger partial charge in [0.15, 0.2) is 0 Å². The molecule has 0 amide bonds. The number of hydrogen-bond donors (Lipinski definition) is 0. The summed E-state index contributed by atoms with van der Waals surface area (Å²) in [4.78, 5) is 13.3. The lowest BCUT2D eigenvalue weighted by atomic mass is 10.2. The molecule has 0 N–H and O–H groups in total. The maximum Gasteiger partial charge on any atom is 0.240 e. The Labute approximate surface area is 84.2 Å². The molecule has 5 heteroatoms. The highest BCUT2D eigenvalue weighted by Crippen LogP contribution is 2.31. The molecule has 0 unspecified atom stereocenters. The van der Waals surface area contributed by atoms with E-state index < -0.39 is 0 Å². The summed E-state index contributed by atoms with van der Waals surface area (Å²) < 4.78 is 0. The van der Waals surface area contributed by atoms with E-state index >= 15 is 0 Å². The quantitative estimate of drug-likeness (QED) is 0.531. The molecular weight excluding hydrogens is 211 g/mol. The van der Waals surface area contributed by atoms with Gasteiger partial charge in [-0.3, -0.25) is 0 Å². The molecule has 0 aliphatic carbocycles. The van der Waals surface area contributed by atoms with E-state index in [-0.39, 0.29) is 21.3 Å². The standard InChI is InChI=1S/C8H2Cl2N2O/c9-6-1-2-7(12-4-13)5(3-11)8(6)10/h1-2H. The third kappa shape index (κ3) is 1.88. The first-order valence-electron chi connectivity index (χ1n) is 3.16. The number of hydrogen-bond acceptors (Lipinski definition) is 3. The maximum absolute atomic E-state index is 9.96. The van der Waals surface area contributed by atoms with E-state index in [2.05, 4.69) is 4.99 Å². The molecule has 0 spiro atoms. The third-order valence-electron chi connectivity index (χ3n) is 1.35. The molecule has 13 heavy (non-hydrogen) atoms. The second-order valence-electron chi connectivity index (χ2n) is 2.07. The molecule has 0 aliphatic rings. The number of halogens is 2. The van der Waals surface area contributed by atoms with Crippen molar-refractivity contribution in [3.63, 3.8) is 0 Å². The fourth-order valence-corrected chi connectivity index (χ4v) is 1.15. The fraction of sp³-hybridized carbons (Fsp3) is 0. The summed E-state index contributed by atoms with van der Waals surface area (Å²) in [6, 6.07) is 4.69. The van der Waals surface area contributed by atoms with Gasteiger partial charge in [0, 0.05) is 0 Å². The summed E-state index contributed by atoms with van der Waals surface area (Å²) in [5.41, 5.74) is 0.254. The van der Waals surface area contributed by atoms with Gasteiger partial charge in [-0.1, -0.05) is 23.2 Å². The molecule has 0 heterocycles. The number of benzene rings is 1. The molecule has 1 aromatic rings. The molecule has 3 nitrogen and oxygen atoms in total. The van der Waals surface area contributed by atoms with Crippen molar-refractivity contribution in [2.24, 2.45) is 4.99 Å². The van der Waals surface area contributed by atoms with E-state index in [9.17, 15) is 4.79 Å². The van der Waals surface area contributed by atoms with Crippen molar-refractivity contribution < 1.29 is 4.79 Å². The van der Waals surface area contributed by atoms with Crippen LogP contribution in [-0.4, -0.2) is 6.08 Å². The van der Waals surface area contributed by atoms with Gasteiger partial charge >= 0.3 is 0 Å². The molecule has 0 atom stereocenters. The van der Waals surface area contributed by atoms with Crippen LogP contribution < -0.4 is 0 Å². The summed E-state index contributed by atoms with van der Waals surface area (Å²) in [6.45, 7) is 0. The molecule has 0 radical (unpaired) electrons. The molecule has 1 aromatic carbocycles. The Bertz CT molecular complexity index is 431. The van der Waals surface area contributed by atoms with Crippen LogP contribution in [0.5, 0.6) is 0 Å². The number of isocyanates is 1. The zero-order valence-electron chi connectivity index (χ0n) is 6.21. The molecule has 64 valence electrons. The average Bonchev–Trinajstić information content (AvgIpc) is 2.12. The average molecular weight is 213 g/mol. The Hall–Kier alpha value is -1.33. The van der Waals surface area contributed by atoms with Gasteiger partial charge in [-0.05, 0) is 12.1 Å². The number of nitriles is 1. The van der Waals surface area contributed by atoms with Crippen molar-refractivity contribution in [1.29, 1.82) is 5.26 Å². The zero-order chi connectivity index (χ0) is 9.84. The number of rotatable bonds is 1. The van der Waals surface area contributed by atoms with Crippen molar-refractivity contribution in [3.8, 4) is 6.07 Å². The Morgan fingerprint density at radius 2 is 2.08 bits per heavy atom. The lowest BCUT2D eigenvalue weighted by molar-refractivity contribution is 0.565. The van der Waals surface area contributed by atoms with Crippen LogP contribution in [0.3, 0.4) is 0 Å². The summed E-state index contributed by atoms with van der Waals surface area (Å²) in [6.07, 6.45) is 1.33. The Morgan fingerprint density at radius 3 is 2.62 bits per heavy atom. The van der Waals surface area contributed by atoms with Crippen LogP contribution in [0.1, 0.15) is 5.56 Å². The van der Waals surface area contributed by atoms with Crippen LogP contribution in [0.4, 0.5) is 5.69 Å². The Balaban J connectivity index is 3.49. The first kappa shape index (κ1) is 9.76. The van der Waals surface area contributed by atoms with Gasteiger partial charge in [-0.25, -0.2) is 4.79 Å². The van der Waals surface area contributed by atoms with Gasteiger partial charge in [0.2, 0.25) is 6.08 Å². The van der Waals surface area contributed by atoms with Crippen molar-refractivity contribution >= 4 is 35.0 Å². The minimum Gasteiger partial charge on any atom is -0.211 e. The summed E-state index contributed by atoms with van der Waals surface area (Å²) in [5.74, 6) is 0.